The molecule has 0 saturated heterocycles. The molecule has 4 nitrogen and oxygen atoms in total. The van der Waals surface area contributed by atoms with Crippen LogP contribution >= 0.6 is 0 Å². The van der Waals surface area contributed by atoms with Gasteiger partial charge >= 0.3 is 0 Å². The van der Waals surface area contributed by atoms with Crippen LogP contribution in [0.3, 0.4) is 0 Å². The van der Waals surface area contributed by atoms with Crippen molar-refractivity contribution in [3.05, 3.63) is 53.6 Å². The SMILES string of the molecule is COc1ccc(C2C[C@H](N)c3ccccc3O2)c(OC)c1. The second-order valence-electron chi connectivity index (χ2n) is 5.09. The Hall–Kier alpha value is -2.20. The summed E-state index contributed by atoms with van der Waals surface area (Å²) in [6, 6.07) is 13.6. The summed E-state index contributed by atoms with van der Waals surface area (Å²) in [5.41, 5.74) is 8.32. The summed E-state index contributed by atoms with van der Waals surface area (Å²) in [5.74, 6) is 2.36. The second kappa shape index (κ2) is 5.66. The quantitative estimate of drug-likeness (QED) is 0.940. The van der Waals surface area contributed by atoms with Gasteiger partial charge in [0.1, 0.15) is 23.4 Å². The van der Waals surface area contributed by atoms with E-state index in [-0.39, 0.29) is 12.1 Å². The van der Waals surface area contributed by atoms with Crippen LogP contribution in [0.1, 0.15) is 29.7 Å². The predicted molar refractivity (Wildman–Crippen MR) is 80.9 cm³/mol. The van der Waals surface area contributed by atoms with Gasteiger partial charge in [-0.05, 0) is 18.2 Å². The van der Waals surface area contributed by atoms with Crippen molar-refractivity contribution >= 4 is 0 Å². The van der Waals surface area contributed by atoms with Gasteiger partial charge in [0.15, 0.2) is 0 Å². The lowest BCUT2D eigenvalue weighted by Crippen LogP contribution is -2.24. The summed E-state index contributed by atoms with van der Waals surface area (Å²) in [4.78, 5) is 0. The van der Waals surface area contributed by atoms with Crippen LogP contribution in [0.4, 0.5) is 0 Å². The zero-order valence-corrected chi connectivity index (χ0v) is 12.2. The summed E-state index contributed by atoms with van der Waals surface area (Å²) >= 11 is 0. The van der Waals surface area contributed by atoms with Crippen LogP contribution in [0.5, 0.6) is 17.2 Å². The minimum absolute atomic E-state index is 0.0354. The van der Waals surface area contributed by atoms with E-state index in [2.05, 4.69) is 0 Å². The van der Waals surface area contributed by atoms with E-state index in [9.17, 15) is 0 Å². The lowest BCUT2D eigenvalue weighted by Gasteiger charge is -2.31. The Labute approximate surface area is 124 Å². The van der Waals surface area contributed by atoms with E-state index in [4.69, 9.17) is 19.9 Å². The smallest absolute Gasteiger partial charge is 0.129 e. The van der Waals surface area contributed by atoms with Gasteiger partial charge in [-0.25, -0.2) is 0 Å². The molecule has 0 spiro atoms. The minimum Gasteiger partial charge on any atom is -0.497 e. The van der Waals surface area contributed by atoms with E-state index in [1.807, 2.05) is 42.5 Å². The highest BCUT2D eigenvalue weighted by atomic mass is 16.5. The molecule has 2 aromatic carbocycles. The third-order valence-electron chi connectivity index (χ3n) is 3.84. The van der Waals surface area contributed by atoms with E-state index < -0.39 is 0 Å². The Morgan fingerprint density at radius 1 is 1.05 bits per heavy atom. The Balaban J connectivity index is 1.96. The fourth-order valence-corrected chi connectivity index (χ4v) is 2.73. The molecule has 3 rings (SSSR count). The van der Waals surface area contributed by atoms with Crippen molar-refractivity contribution in [2.45, 2.75) is 18.6 Å². The highest BCUT2D eigenvalue weighted by molar-refractivity contribution is 5.45. The van der Waals surface area contributed by atoms with Crippen molar-refractivity contribution in [2.75, 3.05) is 14.2 Å². The molecule has 4 heteroatoms. The van der Waals surface area contributed by atoms with E-state index in [0.29, 0.717) is 0 Å². The van der Waals surface area contributed by atoms with Gasteiger partial charge < -0.3 is 19.9 Å². The van der Waals surface area contributed by atoms with Gasteiger partial charge in [0.05, 0.1) is 14.2 Å². The zero-order valence-electron chi connectivity index (χ0n) is 12.2. The Morgan fingerprint density at radius 2 is 1.86 bits per heavy atom. The highest BCUT2D eigenvalue weighted by Gasteiger charge is 2.28. The van der Waals surface area contributed by atoms with Crippen molar-refractivity contribution in [1.29, 1.82) is 0 Å². The first-order valence-electron chi connectivity index (χ1n) is 6.96. The normalized spacial score (nSPS) is 20.3. The Morgan fingerprint density at radius 3 is 2.62 bits per heavy atom. The van der Waals surface area contributed by atoms with Crippen LogP contribution in [-0.2, 0) is 0 Å². The van der Waals surface area contributed by atoms with Gasteiger partial charge in [-0.15, -0.1) is 0 Å². The summed E-state index contributed by atoms with van der Waals surface area (Å²) in [6.07, 6.45) is 0.607. The van der Waals surface area contributed by atoms with Gasteiger partial charge in [-0.2, -0.15) is 0 Å². The van der Waals surface area contributed by atoms with Crippen LogP contribution < -0.4 is 19.9 Å². The number of hydrogen-bond donors (Lipinski definition) is 1. The van der Waals surface area contributed by atoms with E-state index in [1.54, 1.807) is 14.2 Å². The Bertz CT molecular complexity index is 642. The van der Waals surface area contributed by atoms with E-state index in [0.717, 1.165) is 34.8 Å². The molecule has 1 aliphatic heterocycles. The summed E-state index contributed by atoms with van der Waals surface area (Å²) in [7, 11) is 3.28. The number of para-hydroxylation sites is 1. The number of nitrogens with two attached hydrogens (primary N) is 1. The van der Waals surface area contributed by atoms with Crippen LogP contribution in [0, 0.1) is 0 Å². The number of hydrogen-bond acceptors (Lipinski definition) is 4. The van der Waals surface area contributed by atoms with Crippen molar-refractivity contribution in [3.63, 3.8) is 0 Å². The lowest BCUT2D eigenvalue weighted by atomic mass is 9.93. The van der Waals surface area contributed by atoms with Crippen LogP contribution in [0.15, 0.2) is 42.5 Å². The fourth-order valence-electron chi connectivity index (χ4n) is 2.73. The number of fused-ring (bicyclic) bond motifs is 1. The summed E-state index contributed by atoms with van der Waals surface area (Å²) in [5, 5.41) is 0. The Kier molecular flexibility index (Phi) is 3.71. The number of ether oxygens (including phenoxy) is 3. The number of benzene rings is 2. The molecule has 2 aromatic rings. The standard InChI is InChI=1S/C17H19NO3/c1-19-11-7-8-13(16(9-11)20-2)17-10-14(18)12-5-3-4-6-15(12)21-17/h3-9,14,17H,10,18H2,1-2H3/t14-,17?/m0/s1. The zero-order chi connectivity index (χ0) is 14.8. The maximum absolute atomic E-state index is 6.28. The van der Waals surface area contributed by atoms with Crippen molar-refractivity contribution in [1.82, 2.24) is 0 Å². The summed E-state index contributed by atoms with van der Waals surface area (Å²) in [6.45, 7) is 0. The van der Waals surface area contributed by atoms with Gasteiger partial charge in [0, 0.05) is 29.7 Å². The van der Waals surface area contributed by atoms with Gasteiger partial charge in [0.2, 0.25) is 0 Å². The summed E-state index contributed by atoms with van der Waals surface area (Å²) < 4.78 is 16.8. The van der Waals surface area contributed by atoms with Gasteiger partial charge in [0.25, 0.3) is 0 Å². The molecule has 0 fully saturated rings. The molecule has 2 atom stereocenters. The molecule has 0 saturated carbocycles. The van der Waals surface area contributed by atoms with Crippen molar-refractivity contribution < 1.29 is 14.2 Å². The molecule has 110 valence electrons. The number of methoxy groups -OCH3 is 2. The third-order valence-corrected chi connectivity index (χ3v) is 3.84. The molecule has 0 bridgehead atoms. The first-order valence-corrected chi connectivity index (χ1v) is 6.96. The topological polar surface area (TPSA) is 53.7 Å². The largest absolute Gasteiger partial charge is 0.497 e. The number of rotatable bonds is 3. The lowest BCUT2D eigenvalue weighted by molar-refractivity contribution is 0.158. The molecular weight excluding hydrogens is 266 g/mol. The average molecular weight is 285 g/mol. The van der Waals surface area contributed by atoms with Crippen LogP contribution in [-0.4, -0.2) is 14.2 Å². The maximum atomic E-state index is 6.28. The molecule has 0 amide bonds. The molecule has 0 aromatic heterocycles. The predicted octanol–water partition coefficient (Wildman–Crippen LogP) is 3.23. The molecular formula is C17H19NO3. The van der Waals surface area contributed by atoms with Crippen molar-refractivity contribution in [3.8, 4) is 17.2 Å². The highest BCUT2D eigenvalue weighted by Crippen LogP contribution is 2.42. The molecule has 21 heavy (non-hydrogen) atoms. The van der Waals surface area contributed by atoms with Crippen molar-refractivity contribution in [2.24, 2.45) is 5.73 Å². The van der Waals surface area contributed by atoms with E-state index in [1.165, 1.54) is 0 Å². The third kappa shape index (κ3) is 2.54. The van der Waals surface area contributed by atoms with Crippen LogP contribution in [0.25, 0.3) is 0 Å². The average Bonchev–Trinajstić information content (AvgIpc) is 2.54. The monoisotopic (exact) mass is 285 g/mol. The first kappa shape index (κ1) is 13.8. The molecule has 0 radical (unpaired) electrons. The molecule has 2 N–H and O–H groups in total. The molecule has 1 unspecified atom stereocenters. The fraction of sp³-hybridized carbons (Fsp3) is 0.294. The van der Waals surface area contributed by atoms with Gasteiger partial charge in [-0.1, -0.05) is 18.2 Å². The first-order chi connectivity index (χ1) is 10.2. The van der Waals surface area contributed by atoms with Gasteiger partial charge in [-0.3, -0.25) is 0 Å². The van der Waals surface area contributed by atoms with E-state index >= 15 is 0 Å². The molecule has 1 aliphatic rings. The second-order valence-corrected chi connectivity index (χ2v) is 5.09. The molecule has 1 heterocycles. The minimum atomic E-state index is -0.115. The maximum Gasteiger partial charge on any atom is 0.129 e. The van der Waals surface area contributed by atoms with Crippen LogP contribution in [0.2, 0.25) is 0 Å². The molecule has 0 aliphatic carbocycles.